The largest absolute Gasteiger partial charge is 0.478 e. The summed E-state index contributed by atoms with van der Waals surface area (Å²) in [6, 6.07) is 1.80. The standard InChI is InChI=1S/C13H16O2S/c1-7-5-9(12(14)15)8(2)10-11(7)16-6-13(10,3)4/h5H,6H2,1-4H3,(H,14,15). The van der Waals surface area contributed by atoms with E-state index in [9.17, 15) is 9.90 Å². The summed E-state index contributed by atoms with van der Waals surface area (Å²) in [5.74, 6) is 0.212. The topological polar surface area (TPSA) is 37.3 Å². The molecule has 0 unspecified atom stereocenters. The van der Waals surface area contributed by atoms with Crippen LogP contribution in [0, 0.1) is 13.8 Å². The number of rotatable bonds is 1. The molecule has 1 N–H and O–H groups in total. The molecule has 0 atom stereocenters. The Labute approximate surface area is 100 Å². The number of carbonyl (C=O) groups is 1. The highest BCUT2D eigenvalue weighted by molar-refractivity contribution is 7.99. The molecule has 16 heavy (non-hydrogen) atoms. The number of aromatic carboxylic acids is 1. The highest BCUT2D eigenvalue weighted by atomic mass is 32.2. The number of hydrogen-bond acceptors (Lipinski definition) is 2. The van der Waals surface area contributed by atoms with E-state index in [1.54, 1.807) is 6.07 Å². The molecule has 1 aromatic rings. The van der Waals surface area contributed by atoms with Crippen molar-refractivity contribution >= 4 is 17.7 Å². The predicted octanol–water partition coefficient (Wildman–Crippen LogP) is 3.38. The molecule has 86 valence electrons. The van der Waals surface area contributed by atoms with E-state index in [1.165, 1.54) is 10.5 Å². The third-order valence-corrected chi connectivity index (χ3v) is 4.89. The van der Waals surface area contributed by atoms with Gasteiger partial charge in [-0.15, -0.1) is 11.8 Å². The van der Waals surface area contributed by atoms with Crippen LogP contribution in [0.15, 0.2) is 11.0 Å². The predicted molar refractivity (Wildman–Crippen MR) is 66.6 cm³/mol. The molecule has 0 aliphatic carbocycles. The Morgan fingerprint density at radius 2 is 2.06 bits per heavy atom. The Balaban J connectivity index is 2.76. The van der Waals surface area contributed by atoms with Crippen LogP contribution in [0.4, 0.5) is 0 Å². The summed E-state index contributed by atoms with van der Waals surface area (Å²) in [4.78, 5) is 12.5. The zero-order valence-corrected chi connectivity index (χ0v) is 10.9. The summed E-state index contributed by atoms with van der Waals surface area (Å²) in [5.41, 5.74) is 3.79. The first-order valence-electron chi connectivity index (χ1n) is 5.35. The van der Waals surface area contributed by atoms with Crippen LogP contribution < -0.4 is 0 Å². The SMILES string of the molecule is Cc1cc(C(=O)O)c(C)c2c1SCC2(C)C. The second-order valence-electron chi connectivity index (χ2n) is 5.05. The number of fused-ring (bicyclic) bond motifs is 1. The molecular formula is C13H16O2S. The normalized spacial score (nSPS) is 17.2. The lowest BCUT2D eigenvalue weighted by atomic mass is 9.81. The van der Waals surface area contributed by atoms with Gasteiger partial charge in [0, 0.05) is 16.1 Å². The number of aryl methyl sites for hydroxylation is 1. The number of carboxylic acids is 1. The molecule has 0 aromatic heterocycles. The fourth-order valence-corrected chi connectivity index (χ4v) is 3.95. The van der Waals surface area contributed by atoms with Gasteiger partial charge in [-0.2, -0.15) is 0 Å². The van der Waals surface area contributed by atoms with Gasteiger partial charge in [0.05, 0.1) is 5.56 Å². The van der Waals surface area contributed by atoms with Crippen molar-refractivity contribution < 1.29 is 9.90 Å². The molecule has 0 saturated carbocycles. The number of benzene rings is 1. The van der Waals surface area contributed by atoms with Crippen LogP contribution in [0.1, 0.15) is 40.9 Å². The first-order chi connectivity index (χ1) is 7.34. The van der Waals surface area contributed by atoms with E-state index < -0.39 is 5.97 Å². The maximum Gasteiger partial charge on any atom is 0.335 e. The summed E-state index contributed by atoms with van der Waals surface area (Å²) in [6.07, 6.45) is 0. The highest BCUT2D eigenvalue weighted by Crippen LogP contribution is 2.47. The zero-order chi connectivity index (χ0) is 12.1. The van der Waals surface area contributed by atoms with E-state index in [2.05, 4.69) is 13.8 Å². The van der Waals surface area contributed by atoms with Crippen LogP contribution in [-0.2, 0) is 5.41 Å². The van der Waals surface area contributed by atoms with E-state index in [1.807, 2.05) is 25.6 Å². The monoisotopic (exact) mass is 236 g/mol. The average Bonchev–Trinajstić information content (AvgIpc) is 2.48. The summed E-state index contributed by atoms with van der Waals surface area (Å²) >= 11 is 1.84. The summed E-state index contributed by atoms with van der Waals surface area (Å²) in [6.45, 7) is 8.29. The van der Waals surface area contributed by atoms with E-state index in [0.717, 1.165) is 16.9 Å². The van der Waals surface area contributed by atoms with Gasteiger partial charge in [-0.05, 0) is 36.6 Å². The smallest absolute Gasteiger partial charge is 0.335 e. The van der Waals surface area contributed by atoms with E-state index in [4.69, 9.17) is 0 Å². The lowest BCUT2D eigenvalue weighted by molar-refractivity contribution is 0.0695. The van der Waals surface area contributed by atoms with Crippen LogP contribution in [0.2, 0.25) is 0 Å². The molecule has 0 radical (unpaired) electrons. The van der Waals surface area contributed by atoms with Gasteiger partial charge in [0.2, 0.25) is 0 Å². The van der Waals surface area contributed by atoms with Crippen LogP contribution in [0.25, 0.3) is 0 Å². The third kappa shape index (κ3) is 1.54. The fraction of sp³-hybridized carbons (Fsp3) is 0.462. The Morgan fingerprint density at radius 3 is 2.62 bits per heavy atom. The molecular weight excluding hydrogens is 220 g/mol. The first-order valence-corrected chi connectivity index (χ1v) is 6.34. The van der Waals surface area contributed by atoms with Crippen molar-refractivity contribution in [2.45, 2.75) is 38.0 Å². The third-order valence-electron chi connectivity index (χ3n) is 3.21. The van der Waals surface area contributed by atoms with Crippen molar-refractivity contribution in [2.24, 2.45) is 0 Å². The van der Waals surface area contributed by atoms with Gasteiger partial charge >= 0.3 is 5.97 Å². The van der Waals surface area contributed by atoms with Crippen molar-refractivity contribution in [3.8, 4) is 0 Å². The molecule has 0 bridgehead atoms. The summed E-state index contributed by atoms with van der Waals surface area (Å²) < 4.78 is 0. The summed E-state index contributed by atoms with van der Waals surface area (Å²) in [7, 11) is 0. The number of thioether (sulfide) groups is 1. The van der Waals surface area contributed by atoms with Crippen LogP contribution in [-0.4, -0.2) is 16.8 Å². The minimum Gasteiger partial charge on any atom is -0.478 e. The van der Waals surface area contributed by atoms with Gasteiger partial charge in [0.15, 0.2) is 0 Å². The second kappa shape index (κ2) is 3.52. The Hall–Kier alpha value is -0.960. The molecule has 1 aliphatic heterocycles. The van der Waals surface area contributed by atoms with Crippen LogP contribution in [0.3, 0.4) is 0 Å². The van der Waals surface area contributed by atoms with Crippen molar-refractivity contribution in [3.63, 3.8) is 0 Å². The van der Waals surface area contributed by atoms with Gasteiger partial charge in [0.1, 0.15) is 0 Å². The molecule has 0 saturated heterocycles. The van der Waals surface area contributed by atoms with Crippen molar-refractivity contribution in [3.05, 3.63) is 28.3 Å². The van der Waals surface area contributed by atoms with Gasteiger partial charge in [0.25, 0.3) is 0 Å². The molecule has 1 aromatic carbocycles. The molecule has 1 heterocycles. The average molecular weight is 236 g/mol. The Bertz CT molecular complexity index is 475. The minimum absolute atomic E-state index is 0.0836. The fourth-order valence-electron chi connectivity index (χ4n) is 2.44. The number of carboxylic acid groups (broad SMARTS) is 1. The molecule has 0 fully saturated rings. The molecule has 2 rings (SSSR count). The molecule has 1 aliphatic rings. The van der Waals surface area contributed by atoms with E-state index in [0.29, 0.717) is 5.56 Å². The zero-order valence-electron chi connectivity index (χ0n) is 10.0. The van der Waals surface area contributed by atoms with Gasteiger partial charge in [-0.25, -0.2) is 4.79 Å². The molecule has 0 spiro atoms. The Morgan fingerprint density at radius 1 is 1.44 bits per heavy atom. The van der Waals surface area contributed by atoms with Crippen LogP contribution >= 0.6 is 11.8 Å². The lowest BCUT2D eigenvalue weighted by Crippen LogP contribution is -2.19. The van der Waals surface area contributed by atoms with Gasteiger partial charge < -0.3 is 5.11 Å². The summed E-state index contributed by atoms with van der Waals surface area (Å²) in [5, 5.41) is 9.18. The minimum atomic E-state index is -0.823. The van der Waals surface area contributed by atoms with Crippen molar-refractivity contribution in [1.29, 1.82) is 0 Å². The van der Waals surface area contributed by atoms with Crippen molar-refractivity contribution in [2.75, 3.05) is 5.75 Å². The molecule has 3 heteroatoms. The maximum absolute atomic E-state index is 11.2. The maximum atomic E-state index is 11.2. The second-order valence-corrected chi connectivity index (χ2v) is 6.03. The lowest BCUT2D eigenvalue weighted by Gasteiger charge is -2.21. The first kappa shape index (κ1) is 11.5. The molecule has 2 nitrogen and oxygen atoms in total. The Kier molecular flexibility index (Phi) is 2.54. The highest BCUT2D eigenvalue weighted by Gasteiger charge is 2.34. The van der Waals surface area contributed by atoms with E-state index in [-0.39, 0.29) is 5.41 Å². The molecule has 0 amide bonds. The van der Waals surface area contributed by atoms with Gasteiger partial charge in [-0.1, -0.05) is 13.8 Å². The quantitative estimate of drug-likeness (QED) is 0.812. The number of hydrogen-bond donors (Lipinski definition) is 1. The van der Waals surface area contributed by atoms with Crippen molar-refractivity contribution in [1.82, 2.24) is 0 Å². The van der Waals surface area contributed by atoms with E-state index >= 15 is 0 Å². The van der Waals surface area contributed by atoms with Crippen LogP contribution in [0.5, 0.6) is 0 Å². The van der Waals surface area contributed by atoms with Gasteiger partial charge in [-0.3, -0.25) is 0 Å².